The number of hydrogen-bond acceptors (Lipinski definition) is 4. The minimum absolute atomic E-state index is 0. The predicted molar refractivity (Wildman–Crippen MR) is 180 cm³/mol. The first-order valence-electron chi connectivity index (χ1n) is 16.1. The van der Waals surface area contributed by atoms with E-state index < -0.39 is 0 Å². The van der Waals surface area contributed by atoms with E-state index in [-0.39, 0.29) is 54.3 Å². The van der Waals surface area contributed by atoms with Crippen molar-refractivity contribution in [3.63, 3.8) is 0 Å². The second-order valence-corrected chi connectivity index (χ2v) is 13.9. The fourth-order valence-electron chi connectivity index (χ4n) is 6.54. The number of aryl methyl sites for hydroxylation is 1. The number of aromatic nitrogens is 1. The SMILES string of the molecule is CCC(CC)C(=O)/C=C(\O)C(CC)CC.Cc1cnc2c3c1oc1c(CC(C)(C)C)ccc(c13)C(C)(C)c1ccc[c-]c1-2.[Ir]. The Bertz CT molecular complexity index is 1650. The molecule has 2 heterocycles. The number of fused-ring (bicyclic) bond motifs is 2. The molecule has 44 heavy (non-hydrogen) atoms. The molecule has 4 nitrogen and oxygen atoms in total. The van der Waals surface area contributed by atoms with Crippen molar-refractivity contribution < 1.29 is 34.4 Å². The summed E-state index contributed by atoms with van der Waals surface area (Å²) in [6.07, 6.45) is 7.82. The molecule has 2 aromatic carbocycles. The van der Waals surface area contributed by atoms with E-state index in [2.05, 4.69) is 71.9 Å². The summed E-state index contributed by atoms with van der Waals surface area (Å²) >= 11 is 0. The number of allylic oxidation sites excluding steroid dienone is 2. The van der Waals surface area contributed by atoms with E-state index in [0.717, 1.165) is 65.5 Å². The van der Waals surface area contributed by atoms with E-state index in [4.69, 9.17) is 9.40 Å². The molecule has 0 saturated heterocycles. The summed E-state index contributed by atoms with van der Waals surface area (Å²) in [7, 11) is 0. The Kier molecular flexibility index (Phi) is 11.5. The van der Waals surface area contributed by atoms with Crippen molar-refractivity contribution in [2.75, 3.05) is 0 Å². The monoisotopic (exact) mass is 773 g/mol. The molecule has 5 heteroatoms. The number of benzene rings is 2. The Balaban J connectivity index is 0.000000286. The van der Waals surface area contributed by atoms with Crippen LogP contribution in [-0.2, 0) is 36.7 Å². The first-order valence-corrected chi connectivity index (χ1v) is 16.1. The molecular formula is C39H50IrNO3-. The van der Waals surface area contributed by atoms with Gasteiger partial charge in [0.1, 0.15) is 11.2 Å². The molecular weight excluding hydrogens is 723 g/mol. The third-order valence-corrected chi connectivity index (χ3v) is 9.15. The van der Waals surface area contributed by atoms with Crippen molar-refractivity contribution in [1.29, 1.82) is 0 Å². The van der Waals surface area contributed by atoms with E-state index in [1.165, 1.54) is 28.2 Å². The van der Waals surface area contributed by atoms with Gasteiger partial charge in [-0.1, -0.05) is 74.4 Å². The first kappa shape index (κ1) is 35.7. The van der Waals surface area contributed by atoms with Crippen LogP contribution < -0.4 is 0 Å². The number of pyridine rings is 1. The maximum absolute atomic E-state index is 11.7. The number of carbonyl (C=O) groups excluding carboxylic acids is 1. The molecule has 1 radical (unpaired) electrons. The second-order valence-electron chi connectivity index (χ2n) is 13.9. The van der Waals surface area contributed by atoms with E-state index >= 15 is 0 Å². The van der Waals surface area contributed by atoms with Gasteiger partial charge in [-0.3, -0.25) is 4.79 Å². The smallest absolute Gasteiger partial charge is 0.162 e. The molecule has 0 bridgehead atoms. The molecule has 0 saturated carbocycles. The van der Waals surface area contributed by atoms with Gasteiger partial charge in [0.2, 0.25) is 0 Å². The second kappa shape index (κ2) is 14.1. The molecule has 2 aromatic heterocycles. The molecule has 0 atom stereocenters. The molecule has 1 N–H and O–H groups in total. The summed E-state index contributed by atoms with van der Waals surface area (Å²) < 4.78 is 6.57. The van der Waals surface area contributed by atoms with Gasteiger partial charge in [-0.25, -0.2) is 0 Å². The molecule has 5 rings (SSSR count). The van der Waals surface area contributed by atoms with Crippen molar-refractivity contribution in [1.82, 2.24) is 4.98 Å². The van der Waals surface area contributed by atoms with Gasteiger partial charge in [0.05, 0.1) is 5.76 Å². The van der Waals surface area contributed by atoms with Gasteiger partial charge >= 0.3 is 0 Å². The van der Waals surface area contributed by atoms with E-state index in [1.54, 1.807) is 0 Å². The van der Waals surface area contributed by atoms with Crippen LogP contribution in [0.3, 0.4) is 0 Å². The normalized spacial score (nSPS) is 14.0. The van der Waals surface area contributed by atoms with Crippen molar-refractivity contribution in [3.8, 4) is 11.3 Å². The van der Waals surface area contributed by atoms with E-state index in [9.17, 15) is 9.90 Å². The molecule has 239 valence electrons. The Morgan fingerprint density at radius 3 is 2.20 bits per heavy atom. The fraction of sp³-hybridized carbons (Fsp3) is 0.487. The van der Waals surface area contributed by atoms with Crippen LogP contribution in [0.4, 0.5) is 0 Å². The largest absolute Gasteiger partial charge is 0.512 e. The number of carbonyl (C=O) groups is 1. The molecule has 4 aromatic rings. The van der Waals surface area contributed by atoms with Crippen LogP contribution in [-0.4, -0.2) is 15.9 Å². The summed E-state index contributed by atoms with van der Waals surface area (Å²) in [5, 5.41) is 12.1. The van der Waals surface area contributed by atoms with Crippen LogP contribution in [0.2, 0.25) is 0 Å². The van der Waals surface area contributed by atoms with Gasteiger partial charge < -0.3 is 14.5 Å². The average molecular weight is 773 g/mol. The third-order valence-electron chi connectivity index (χ3n) is 9.15. The molecule has 0 amide bonds. The van der Waals surface area contributed by atoms with E-state index in [1.807, 2.05) is 40.0 Å². The predicted octanol–water partition coefficient (Wildman–Crippen LogP) is 10.9. The third kappa shape index (κ3) is 6.90. The number of nitrogens with zero attached hydrogens (tertiary/aromatic N) is 1. The Morgan fingerprint density at radius 2 is 1.61 bits per heavy atom. The maximum Gasteiger partial charge on any atom is 0.162 e. The first-order chi connectivity index (χ1) is 20.3. The number of aliphatic hydroxyl groups excluding tert-OH is 1. The van der Waals surface area contributed by atoms with Crippen molar-refractivity contribution in [3.05, 3.63) is 76.7 Å². The minimum atomic E-state index is -0.156. The van der Waals surface area contributed by atoms with Gasteiger partial charge in [0.25, 0.3) is 0 Å². The van der Waals surface area contributed by atoms with Crippen LogP contribution in [0.15, 0.2) is 52.8 Å². The van der Waals surface area contributed by atoms with Crippen molar-refractivity contribution in [2.24, 2.45) is 17.3 Å². The summed E-state index contributed by atoms with van der Waals surface area (Å²) in [4.78, 5) is 16.6. The summed E-state index contributed by atoms with van der Waals surface area (Å²) in [5.41, 5.74) is 9.05. The zero-order valence-corrected chi connectivity index (χ0v) is 30.7. The number of ketones is 1. The number of hydrogen-bond donors (Lipinski definition) is 1. The van der Waals surface area contributed by atoms with Gasteiger partial charge in [0.15, 0.2) is 5.78 Å². The van der Waals surface area contributed by atoms with Gasteiger partial charge in [0, 0.05) is 60.5 Å². The van der Waals surface area contributed by atoms with Crippen molar-refractivity contribution in [2.45, 2.75) is 107 Å². The summed E-state index contributed by atoms with van der Waals surface area (Å²) in [6, 6.07) is 14.4. The Labute approximate surface area is 278 Å². The number of aliphatic hydroxyl groups is 1. The molecule has 1 aliphatic rings. The van der Waals surface area contributed by atoms with Gasteiger partial charge in [-0.05, 0) is 66.7 Å². The van der Waals surface area contributed by atoms with Crippen LogP contribution >= 0.6 is 0 Å². The summed E-state index contributed by atoms with van der Waals surface area (Å²) in [6.45, 7) is 21.6. The zero-order chi connectivity index (χ0) is 31.7. The average Bonchev–Trinajstić information content (AvgIpc) is 3.33. The molecule has 1 aliphatic carbocycles. The zero-order valence-electron chi connectivity index (χ0n) is 28.3. The summed E-state index contributed by atoms with van der Waals surface area (Å²) in [5.74, 6) is 0.547. The maximum atomic E-state index is 11.7. The van der Waals surface area contributed by atoms with Crippen LogP contribution in [0, 0.1) is 30.2 Å². The number of rotatable bonds is 8. The van der Waals surface area contributed by atoms with E-state index in [0.29, 0.717) is 0 Å². The molecule has 0 fully saturated rings. The molecule has 0 aliphatic heterocycles. The Morgan fingerprint density at radius 1 is 0.977 bits per heavy atom. The standard InChI is InChI=1S/C26H26NO.C13H24O2.Ir/c1-15-14-27-22-17-9-7-8-10-18(17)26(5,6)19-12-11-16(13-25(2,3)4)24-20(19)21(22)23(15)28-24;1-5-10(6-2)12(14)9-13(15)11(7-3)8-4;/h7-8,10-12,14H,13H2,1-6H3;9-11,14H,5-8H2,1-4H3;/q-1;;/b;12-9-;. The van der Waals surface area contributed by atoms with Crippen LogP contribution in [0.25, 0.3) is 33.2 Å². The van der Waals surface area contributed by atoms with Crippen LogP contribution in [0.5, 0.6) is 0 Å². The van der Waals surface area contributed by atoms with Crippen LogP contribution in [0.1, 0.15) is 110 Å². The topological polar surface area (TPSA) is 63.3 Å². The minimum Gasteiger partial charge on any atom is -0.512 e. The fourth-order valence-corrected chi connectivity index (χ4v) is 6.54. The van der Waals surface area contributed by atoms with Gasteiger partial charge in [-0.15, -0.1) is 35.4 Å². The van der Waals surface area contributed by atoms with Crippen molar-refractivity contribution >= 4 is 27.7 Å². The quantitative estimate of drug-likeness (QED) is 0.110. The Hall–Kier alpha value is -2.75. The van der Waals surface area contributed by atoms with Gasteiger partial charge in [-0.2, -0.15) is 0 Å². The molecule has 0 unspecified atom stereocenters. The number of furan rings is 1. The molecule has 0 spiro atoms.